The van der Waals surface area contributed by atoms with Crippen molar-refractivity contribution in [1.29, 1.82) is 0 Å². The Kier molecular flexibility index (Phi) is 6.28. The summed E-state index contributed by atoms with van der Waals surface area (Å²) in [6.45, 7) is 3.54. The maximum atomic E-state index is 12.8. The normalized spacial score (nSPS) is 12.4. The first kappa shape index (κ1) is 19.8. The lowest BCUT2D eigenvalue weighted by atomic mass is 10.1. The molecule has 0 aliphatic carbocycles. The van der Waals surface area contributed by atoms with Crippen molar-refractivity contribution in [3.63, 3.8) is 0 Å². The van der Waals surface area contributed by atoms with Crippen molar-refractivity contribution in [1.82, 2.24) is 0 Å². The lowest BCUT2D eigenvalue weighted by molar-refractivity contribution is -0.117. The van der Waals surface area contributed by atoms with Crippen LogP contribution in [0.4, 0.5) is 5.69 Å². The van der Waals surface area contributed by atoms with E-state index in [0.717, 1.165) is 0 Å². The van der Waals surface area contributed by atoms with Gasteiger partial charge in [-0.15, -0.1) is 0 Å². The van der Waals surface area contributed by atoms with Gasteiger partial charge in [0.25, 0.3) is 0 Å². The highest BCUT2D eigenvalue weighted by atomic mass is 32.2. The molecule has 1 unspecified atom stereocenters. The number of Topliss-reactive ketones (excluding diaryl/α,β-unsaturated/α-hetero) is 1. The first-order chi connectivity index (χ1) is 12.3. The Bertz CT molecular complexity index is 905. The van der Waals surface area contributed by atoms with Crippen molar-refractivity contribution in [2.45, 2.75) is 42.5 Å². The molecule has 7 heteroatoms. The molecule has 0 aliphatic rings. The van der Waals surface area contributed by atoms with Crippen LogP contribution in [-0.4, -0.2) is 26.2 Å². The van der Waals surface area contributed by atoms with Crippen molar-refractivity contribution in [3.8, 4) is 0 Å². The fourth-order valence-corrected chi connectivity index (χ4v) is 3.63. The highest BCUT2D eigenvalue weighted by Gasteiger charge is 2.19. The Morgan fingerprint density at radius 2 is 1.69 bits per heavy atom. The molecule has 1 atom stereocenters. The smallest absolute Gasteiger partial charge is 0.241 e. The maximum Gasteiger partial charge on any atom is 0.241 e. The molecule has 0 saturated heterocycles. The number of carbonyl (C=O) groups excluding carboxylic acids is 2. The van der Waals surface area contributed by atoms with Gasteiger partial charge in [0.15, 0.2) is 5.78 Å². The quantitative estimate of drug-likeness (QED) is 0.725. The maximum absolute atomic E-state index is 12.8. The van der Waals surface area contributed by atoms with Gasteiger partial charge >= 0.3 is 0 Å². The van der Waals surface area contributed by atoms with E-state index < -0.39 is 15.9 Å². The van der Waals surface area contributed by atoms with Crippen LogP contribution in [0.1, 0.15) is 37.0 Å². The lowest BCUT2D eigenvalue weighted by Crippen LogP contribution is -2.34. The van der Waals surface area contributed by atoms with Gasteiger partial charge in [0.1, 0.15) is 0 Å². The van der Waals surface area contributed by atoms with E-state index in [1.54, 1.807) is 26.0 Å². The minimum Gasteiger partial charge on any atom is -0.325 e. The second-order valence-electron chi connectivity index (χ2n) is 5.84. The zero-order chi connectivity index (χ0) is 19.3. The molecule has 2 rings (SSSR count). The number of carbonyl (C=O) groups is 2. The number of hydrogen-bond acceptors (Lipinski definition) is 5. The molecule has 0 aromatic heterocycles. The van der Waals surface area contributed by atoms with E-state index in [1.165, 1.54) is 36.4 Å². The van der Waals surface area contributed by atoms with Crippen LogP contribution < -0.4 is 11.1 Å². The summed E-state index contributed by atoms with van der Waals surface area (Å²) in [5, 5.41) is 2.62. The van der Waals surface area contributed by atoms with Crippen LogP contribution in [0.2, 0.25) is 0 Å². The summed E-state index contributed by atoms with van der Waals surface area (Å²) in [6, 6.07) is 11.2. The molecular weight excluding hydrogens is 352 g/mol. The van der Waals surface area contributed by atoms with Crippen LogP contribution in [0.5, 0.6) is 0 Å². The van der Waals surface area contributed by atoms with Gasteiger partial charge in [-0.05, 0) is 36.8 Å². The third-order valence-electron chi connectivity index (χ3n) is 4.00. The third kappa shape index (κ3) is 4.36. The summed E-state index contributed by atoms with van der Waals surface area (Å²) in [4.78, 5) is 23.7. The summed E-state index contributed by atoms with van der Waals surface area (Å²) in [6.07, 6.45) is 0.834. The SMILES string of the molecule is CCC(=O)c1ccc(S(=O)(=O)c2cccc(NC(=O)C(N)CC)c2)cc1. The molecular formula is C19H22N2O4S. The number of anilines is 1. The zero-order valence-corrected chi connectivity index (χ0v) is 15.5. The fraction of sp³-hybridized carbons (Fsp3) is 0.263. The topological polar surface area (TPSA) is 106 Å². The second kappa shape index (κ2) is 8.25. The highest BCUT2D eigenvalue weighted by molar-refractivity contribution is 7.91. The van der Waals surface area contributed by atoms with Gasteiger partial charge in [0, 0.05) is 17.7 Å². The Hall–Kier alpha value is -2.51. The van der Waals surface area contributed by atoms with E-state index in [0.29, 0.717) is 24.1 Å². The molecule has 0 radical (unpaired) electrons. The molecule has 26 heavy (non-hydrogen) atoms. The fourth-order valence-electron chi connectivity index (χ4n) is 2.32. The first-order valence-electron chi connectivity index (χ1n) is 8.34. The van der Waals surface area contributed by atoms with E-state index in [2.05, 4.69) is 5.32 Å². The molecule has 3 N–H and O–H groups in total. The summed E-state index contributed by atoms with van der Waals surface area (Å²) >= 11 is 0. The van der Waals surface area contributed by atoms with Gasteiger partial charge in [-0.2, -0.15) is 0 Å². The minimum absolute atomic E-state index is 0.0501. The Morgan fingerprint density at radius 3 is 2.27 bits per heavy atom. The number of amides is 1. The molecule has 2 aromatic rings. The predicted octanol–water partition coefficient (Wildman–Crippen LogP) is 2.79. The van der Waals surface area contributed by atoms with Crippen LogP contribution in [0, 0.1) is 0 Å². The van der Waals surface area contributed by atoms with Gasteiger partial charge in [-0.1, -0.05) is 32.0 Å². The van der Waals surface area contributed by atoms with Crippen LogP contribution >= 0.6 is 0 Å². The molecule has 0 fully saturated rings. The molecule has 138 valence electrons. The molecule has 0 bridgehead atoms. The van der Waals surface area contributed by atoms with E-state index in [-0.39, 0.29) is 21.5 Å². The number of benzene rings is 2. The van der Waals surface area contributed by atoms with E-state index in [1.807, 2.05) is 0 Å². The van der Waals surface area contributed by atoms with Crippen molar-refractivity contribution < 1.29 is 18.0 Å². The van der Waals surface area contributed by atoms with Crippen LogP contribution in [-0.2, 0) is 14.6 Å². The largest absolute Gasteiger partial charge is 0.325 e. The highest BCUT2D eigenvalue weighted by Crippen LogP contribution is 2.24. The van der Waals surface area contributed by atoms with E-state index in [9.17, 15) is 18.0 Å². The third-order valence-corrected chi connectivity index (χ3v) is 5.76. The predicted molar refractivity (Wildman–Crippen MR) is 99.9 cm³/mol. The van der Waals surface area contributed by atoms with Crippen LogP contribution in [0.25, 0.3) is 0 Å². The van der Waals surface area contributed by atoms with Crippen molar-refractivity contribution in [3.05, 3.63) is 54.1 Å². The summed E-state index contributed by atoms with van der Waals surface area (Å²) in [5.74, 6) is -0.421. The second-order valence-corrected chi connectivity index (χ2v) is 7.79. The van der Waals surface area contributed by atoms with Crippen LogP contribution in [0.15, 0.2) is 58.3 Å². The van der Waals surface area contributed by atoms with Gasteiger partial charge in [-0.25, -0.2) is 8.42 Å². The Morgan fingerprint density at radius 1 is 1.04 bits per heavy atom. The average Bonchev–Trinajstić information content (AvgIpc) is 2.66. The lowest BCUT2D eigenvalue weighted by Gasteiger charge is -2.11. The van der Waals surface area contributed by atoms with Gasteiger partial charge in [0.05, 0.1) is 15.8 Å². The van der Waals surface area contributed by atoms with Crippen LogP contribution in [0.3, 0.4) is 0 Å². The summed E-state index contributed by atoms with van der Waals surface area (Å²) in [5.41, 5.74) is 6.50. The summed E-state index contributed by atoms with van der Waals surface area (Å²) in [7, 11) is -3.77. The number of sulfone groups is 1. The van der Waals surface area contributed by atoms with Crippen molar-refractivity contribution in [2.75, 3.05) is 5.32 Å². The summed E-state index contributed by atoms with van der Waals surface area (Å²) < 4.78 is 25.6. The Balaban J connectivity index is 2.30. The van der Waals surface area contributed by atoms with E-state index in [4.69, 9.17) is 5.73 Å². The molecule has 0 aliphatic heterocycles. The van der Waals surface area contributed by atoms with Gasteiger partial charge in [-0.3, -0.25) is 9.59 Å². The molecule has 2 aromatic carbocycles. The average molecular weight is 374 g/mol. The number of nitrogens with one attached hydrogen (secondary N) is 1. The number of hydrogen-bond donors (Lipinski definition) is 2. The first-order valence-corrected chi connectivity index (χ1v) is 9.82. The van der Waals surface area contributed by atoms with Crippen molar-refractivity contribution >= 4 is 27.2 Å². The number of rotatable bonds is 7. The van der Waals surface area contributed by atoms with E-state index >= 15 is 0 Å². The van der Waals surface area contributed by atoms with Gasteiger partial charge in [0.2, 0.25) is 15.7 Å². The Labute approximate surface area is 153 Å². The van der Waals surface area contributed by atoms with Gasteiger partial charge < -0.3 is 11.1 Å². The van der Waals surface area contributed by atoms with Crippen molar-refractivity contribution in [2.24, 2.45) is 5.73 Å². The number of ketones is 1. The minimum atomic E-state index is -3.77. The molecule has 0 saturated carbocycles. The molecule has 1 amide bonds. The number of nitrogens with two attached hydrogens (primary N) is 1. The molecule has 0 spiro atoms. The molecule has 0 heterocycles. The monoisotopic (exact) mass is 374 g/mol. The standard InChI is InChI=1S/C19H22N2O4S/c1-3-17(20)19(23)21-14-6-5-7-16(12-14)26(24,25)15-10-8-13(9-11-15)18(22)4-2/h5-12,17H,3-4,20H2,1-2H3,(H,21,23). The molecule has 6 nitrogen and oxygen atoms in total. The zero-order valence-electron chi connectivity index (χ0n) is 14.7.